The molecule has 1 aromatic carbocycles. The summed E-state index contributed by atoms with van der Waals surface area (Å²) in [7, 11) is 1.84. The molecule has 0 fully saturated rings. The largest absolute Gasteiger partial charge is 0.398 e. The van der Waals surface area contributed by atoms with Gasteiger partial charge in [-0.25, -0.2) is 0 Å². The van der Waals surface area contributed by atoms with Crippen molar-refractivity contribution in [1.82, 2.24) is 15.1 Å². The Kier molecular flexibility index (Phi) is 3.90. The first kappa shape index (κ1) is 13.6. The van der Waals surface area contributed by atoms with Crippen LogP contribution in [0.3, 0.4) is 0 Å². The maximum atomic E-state index is 12.1. The van der Waals surface area contributed by atoms with Crippen LogP contribution < -0.4 is 11.1 Å². The minimum atomic E-state index is -0.156. The van der Waals surface area contributed by atoms with Gasteiger partial charge in [-0.05, 0) is 30.7 Å². The number of carbonyl (C=O) groups is 1. The highest BCUT2D eigenvalue weighted by Crippen LogP contribution is 2.22. The topological polar surface area (TPSA) is 72.9 Å². The standard InChI is InChI=1S/C13H15BrN4O/c1-8-11(5-9(14)6-12(8)15)13(19)16-7-10-3-4-18(2)17-10/h3-6H,7,15H2,1-2H3,(H,16,19). The summed E-state index contributed by atoms with van der Waals surface area (Å²) in [5, 5.41) is 7.03. The fraction of sp³-hybridized carbons (Fsp3) is 0.231. The molecule has 3 N–H and O–H groups in total. The number of nitrogen functional groups attached to an aromatic ring is 1. The minimum Gasteiger partial charge on any atom is -0.398 e. The van der Waals surface area contributed by atoms with Crippen molar-refractivity contribution in [2.75, 3.05) is 5.73 Å². The molecule has 1 heterocycles. The Morgan fingerprint density at radius 3 is 2.89 bits per heavy atom. The van der Waals surface area contributed by atoms with Crippen molar-refractivity contribution in [2.24, 2.45) is 7.05 Å². The molecule has 0 radical (unpaired) electrons. The summed E-state index contributed by atoms with van der Waals surface area (Å²) in [6.45, 7) is 2.23. The molecule has 1 amide bonds. The quantitative estimate of drug-likeness (QED) is 0.849. The van der Waals surface area contributed by atoms with Crippen molar-refractivity contribution in [3.05, 3.63) is 45.7 Å². The molecular formula is C13H15BrN4O. The van der Waals surface area contributed by atoms with E-state index in [4.69, 9.17) is 5.73 Å². The molecule has 0 bridgehead atoms. The van der Waals surface area contributed by atoms with Gasteiger partial charge in [-0.15, -0.1) is 0 Å². The fourth-order valence-corrected chi connectivity index (χ4v) is 2.24. The molecule has 1 aromatic heterocycles. The molecule has 0 saturated carbocycles. The van der Waals surface area contributed by atoms with Gasteiger partial charge in [-0.2, -0.15) is 5.10 Å². The first-order chi connectivity index (χ1) is 8.97. The normalized spacial score (nSPS) is 10.5. The monoisotopic (exact) mass is 322 g/mol. The Morgan fingerprint density at radius 2 is 2.26 bits per heavy atom. The van der Waals surface area contributed by atoms with Crippen molar-refractivity contribution >= 4 is 27.5 Å². The second-order valence-corrected chi connectivity index (χ2v) is 5.25. The van der Waals surface area contributed by atoms with E-state index >= 15 is 0 Å². The molecule has 19 heavy (non-hydrogen) atoms. The molecule has 0 aliphatic heterocycles. The highest BCUT2D eigenvalue weighted by atomic mass is 79.9. The lowest BCUT2D eigenvalue weighted by Crippen LogP contribution is -2.24. The third kappa shape index (κ3) is 3.14. The number of hydrogen-bond acceptors (Lipinski definition) is 3. The molecule has 100 valence electrons. The molecule has 6 heteroatoms. The van der Waals surface area contributed by atoms with Crippen molar-refractivity contribution in [3.8, 4) is 0 Å². The lowest BCUT2D eigenvalue weighted by Gasteiger charge is -2.09. The van der Waals surface area contributed by atoms with Gasteiger partial charge in [-0.1, -0.05) is 15.9 Å². The van der Waals surface area contributed by atoms with E-state index in [2.05, 4.69) is 26.3 Å². The molecular weight excluding hydrogens is 308 g/mol. The zero-order valence-electron chi connectivity index (χ0n) is 10.8. The van der Waals surface area contributed by atoms with Crippen LogP contribution in [0.5, 0.6) is 0 Å². The Morgan fingerprint density at radius 1 is 1.53 bits per heavy atom. The van der Waals surface area contributed by atoms with Crippen LogP contribution in [0.2, 0.25) is 0 Å². The first-order valence-electron chi connectivity index (χ1n) is 5.79. The zero-order valence-corrected chi connectivity index (χ0v) is 12.4. The number of nitrogens with zero attached hydrogens (tertiary/aromatic N) is 2. The van der Waals surface area contributed by atoms with Crippen molar-refractivity contribution in [3.63, 3.8) is 0 Å². The summed E-state index contributed by atoms with van der Waals surface area (Å²) < 4.78 is 2.49. The van der Waals surface area contributed by atoms with Gasteiger partial charge in [-0.3, -0.25) is 9.48 Å². The van der Waals surface area contributed by atoms with E-state index in [1.54, 1.807) is 16.8 Å². The number of hydrogen-bond donors (Lipinski definition) is 2. The number of benzene rings is 1. The number of nitrogens with one attached hydrogen (secondary N) is 1. The maximum absolute atomic E-state index is 12.1. The molecule has 2 rings (SSSR count). The number of amides is 1. The zero-order chi connectivity index (χ0) is 14.0. The molecule has 0 spiro atoms. The third-order valence-electron chi connectivity index (χ3n) is 2.86. The van der Waals surface area contributed by atoms with E-state index in [9.17, 15) is 4.79 Å². The van der Waals surface area contributed by atoms with Gasteiger partial charge in [0.2, 0.25) is 0 Å². The van der Waals surface area contributed by atoms with Gasteiger partial charge in [0.15, 0.2) is 0 Å². The van der Waals surface area contributed by atoms with Crippen LogP contribution in [-0.2, 0) is 13.6 Å². The highest BCUT2D eigenvalue weighted by molar-refractivity contribution is 9.10. The van der Waals surface area contributed by atoms with E-state index in [1.165, 1.54) is 0 Å². The number of nitrogens with two attached hydrogens (primary N) is 1. The maximum Gasteiger partial charge on any atom is 0.251 e. The van der Waals surface area contributed by atoms with Crippen LogP contribution in [0.15, 0.2) is 28.9 Å². The first-order valence-corrected chi connectivity index (χ1v) is 6.59. The number of carbonyl (C=O) groups excluding carboxylic acids is 1. The van der Waals surface area contributed by atoms with Gasteiger partial charge in [0.1, 0.15) is 0 Å². The number of aromatic nitrogens is 2. The summed E-state index contributed by atoms with van der Waals surface area (Å²) in [5.74, 6) is -0.156. The van der Waals surface area contributed by atoms with Crippen molar-refractivity contribution in [1.29, 1.82) is 0 Å². The van der Waals surface area contributed by atoms with Gasteiger partial charge in [0.05, 0.1) is 12.2 Å². The molecule has 2 aromatic rings. The molecule has 0 unspecified atom stereocenters. The predicted molar refractivity (Wildman–Crippen MR) is 77.7 cm³/mol. The average molecular weight is 323 g/mol. The van der Waals surface area contributed by atoms with Gasteiger partial charge >= 0.3 is 0 Å². The van der Waals surface area contributed by atoms with Crippen molar-refractivity contribution < 1.29 is 4.79 Å². The second kappa shape index (κ2) is 5.44. The number of anilines is 1. The van der Waals surface area contributed by atoms with Crippen molar-refractivity contribution in [2.45, 2.75) is 13.5 Å². The summed E-state index contributed by atoms with van der Waals surface area (Å²) >= 11 is 3.34. The van der Waals surface area contributed by atoms with Crippen LogP contribution in [-0.4, -0.2) is 15.7 Å². The van der Waals surface area contributed by atoms with Gasteiger partial charge in [0.25, 0.3) is 5.91 Å². The highest BCUT2D eigenvalue weighted by Gasteiger charge is 2.12. The lowest BCUT2D eigenvalue weighted by molar-refractivity contribution is 0.0949. The van der Waals surface area contributed by atoms with Crippen LogP contribution in [0.1, 0.15) is 21.6 Å². The number of rotatable bonds is 3. The van der Waals surface area contributed by atoms with E-state index in [1.807, 2.05) is 26.2 Å². The summed E-state index contributed by atoms with van der Waals surface area (Å²) in [5.41, 5.74) is 8.61. The Labute approximate surface area is 119 Å². The van der Waals surface area contributed by atoms with Crippen LogP contribution >= 0.6 is 15.9 Å². The SMILES string of the molecule is Cc1c(N)cc(Br)cc1C(=O)NCc1ccn(C)n1. The van der Waals surface area contributed by atoms with E-state index in [0.717, 1.165) is 15.7 Å². The lowest BCUT2D eigenvalue weighted by atomic mass is 10.1. The summed E-state index contributed by atoms with van der Waals surface area (Å²) in [6, 6.07) is 5.41. The number of aryl methyl sites for hydroxylation is 1. The van der Waals surface area contributed by atoms with Crippen LogP contribution in [0, 0.1) is 6.92 Å². The Bertz CT molecular complexity index is 621. The molecule has 0 aliphatic rings. The number of halogens is 1. The predicted octanol–water partition coefficient (Wildman–Crippen LogP) is 2.00. The third-order valence-corrected chi connectivity index (χ3v) is 3.31. The van der Waals surface area contributed by atoms with E-state index < -0.39 is 0 Å². The van der Waals surface area contributed by atoms with Crippen LogP contribution in [0.4, 0.5) is 5.69 Å². The average Bonchev–Trinajstić information content (AvgIpc) is 2.76. The Hall–Kier alpha value is -1.82. The van der Waals surface area contributed by atoms with E-state index in [-0.39, 0.29) is 5.91 Å². The molecule has 0 aliphatic carbocycles. The van der Waals surface area contributed by atoms with Gasteiger partial charge < -0.3 is 11.1 Å². The summed E-state index contributed by atoms with van der Waals surface area (Å²) in [4.78, 5) is 12.1. The molecule has 0 saturated heterocycles. The van der Waals surface area contributed by atoms with E-state index in [0.29, 0.717) is 17.8 Å². The summed E-state index contributed by atoms with van der Waals surface area (Å²) in [6.07, 6.45) is 1.84. The van der Waals surface area contributed by atoms with Crippen LogP contribution in [0.25, 0.3) is 0 Å². The minimum absolute atomic E-state index is 0.156. The fourth-order valence-electron chi connectivity index (χ4n) is 1.76. The van der Waals surface area contributed by atoms with Gasteiger partial charge in [0, 0.05) is 29.0 Å². The second-order valence-electron chi connectivity index (χ2n) is 4.33. The molecule has 5 nitrogen and oxygen atoms in total. The Balaban J connectivity index is 2.12. The molecule has 0 atom stereocenters. The smallest absolute Gasteiger partial charge is 0.251 e.